The van der Waals surface area contributed by atoms with E-state index in [4.69, 9.17) is 4.74 Å². The number of hydrogen-bond donors (Lipinski definition) is 1. The largest absolute Gasteiger partial charge is 0.530 e. The molecule has 11 heteroatoms. The Hall–Kier alpha value is -3.50. The lowest BCUT2D eigenvalue weighted by Crippen LogP contribution is -2.50. The molecule has 0 saturated carbocycles. The molecule has 2 aromatic carbocycles. The van der Waals surface area contributed by atoms with Crippen molar-refractivity contribution < 1.29 is 37.0 Å². The van der Waals surface area contributed by atoms with Gasteiger partial charge in [-0.15, -0.1) is 0 Å². The van der Waals surface area contributed by atoms with E-state index in [1.807, 2.05) is 4.90 Å². The number of likely N-dealkylation sites (tertiary alicyclic amines) is 1. The van der Waals surface area contributed by atoms with Crippen molar-refractivity contribution in [1.29, 1.82) is 0 Å². The standard InChI is InChI=1S/C25H27F4N3O4/c26-21-15-16(23(33)30-18-7-11-32(12-8-18)24(34)35)1-6-22(21)36-20-9-13-31(14-10-20)19-4-2-17(3-5-19)25(27,28)29/h1-6,15,18,20H,7-14H2,(H,30,33)(H,34,35)/p-1. The van der Waals surface area contributed by atoms with E-state index >= 15 is 0 Å². The number of hydrogen-bond acceptors (Lipinski definition) is 5. The van der Waals surface area contributed by atoms with Crippen LogP contribution in [0.25, 0.3) is 0 Å². The number of carbonyl (C=O) groups is 2. The van der Waals surface area contributed by atoms with Crippen molar-refractivity contribution in [3.63, 3.8) is 0 Å². The van der Waals surface area contributed by atoms with Gasteiger partial charge in [-0.05, 0) is 55.3 Å². The molecule has 2 saturated heterocycles. The van der Waals surface area contributed by atoms with Crippen molar-refractivity contribution in [2.45, 2.75) is 44.0 Å². The normalized spacial score (nSPS) is 17.7. The van der Waals surface area contributed by atoms with Gasteiger partial charge in [0.25, 0.3) is 5.91 Å². The lowest BCUT2D eigenvalue weighted by atomic mass is 10.0. The zero-order valence-electron chi connectivity index (χ0n) is 19.4. The molecule has 0 atom stereocenters. The molecule has 2 amide bonds. The molecule has 7 nitrogen and oxygen atoms in total. The van der Waals surface area contributed by atoms with Crippen molar-refractivity contribution in [3.05, 3.63) is 59.4 Å². The fourth-order valence-electron chi connectivity index (χ4n) is 4.49. The fraction of sp³-hybridized carbons (Fsp3) is 0.440. The number of piperidine rings is 2. The summed E-state index contributed by atoms with van der Waals surface area (Å²) < 4.78 is 58.8. The quantitative estimate of drug-likeness (QED) is 0.626. The summed E-state index contributed by atoms with van der Waals surface area (Å²) in [6.45, 7) is 1.64. The summed E-state index contributed by atoms with van der Waals surface area (Å²) >= 11 is 0. The minimum atomic E-state index is -4.38. The van der Waals surface area contributed by atoms with Gasteiger partial charge in [0.05, 0.1) is 5.56 Å². The summed E-state index contributed by atoms with van der Waals surface area (Å²) in [6.07, 6.45) is -3.84. The Kier molecular flexibility index (Phi) is 7.56. The Balaban J connectivity index is 1.27. The fourth-order valence-corrected chi connectivity index (χ4v) is 4.49. The summed E-state index contributed by atoms with van der Waals surface area (Å²) in [4.78, 5) is 26.5. The van der Waals surface area contributed by atoms with E-state index in [2.05, 4.69) is 5.32 Å². The number of carbonyl (C=O) groups excluding carboxylic acids is 2. The second-order valence-electron chi connectivity index (χ2n) is 8.99. The zero-order chi connectivity index (χ0) is 25.9. The maximum absolute atomic E-state index is 14.7. The number of ether oxygens (including phenoxy) is 1. The molecule has 0 aromatic heterocycles. The summed E-state index contributed by atoms with van der Waals surface area (Å²) in [6, 6.07) is 8.79. The van der Waals surface area contributed by atoms with Gasteiger partial charge in [-0.25, -0.2) is 4.39 Å². The molecule has 0 radical (unpaired) electrons. The minimum Gasteiger partial charge on any atom is -0.530 e. The van der Waals surface area contributed by atoms with Gasteiger partial charge in [0.2, 0.25) is 0 Å². The van der Waals surface area contributed by atoms with Crippen LogP contribution in [0.5, 0.6) is 5.75 Å². The van der Waals surface area contributed by atoms with Crippen LogP contribution in [0.2, 0.25) is 0 Å². The molecule has 36 heavy (non-hydrogen) atoms. The first-order valence-corrected chi connectivity index (χ1v) is 11.8. The van der Waals surface area contributed by atoms with Crippen LogP contribution in [0.3, 0.4) is 0 Å². The molecule has 0 aliphatic carbocycles. The topological polar surface area (TPSA) is 84.9 Å². The Morgan fingerprint density at radius 3 is 2.14 bits per heavy atom. The van der Waals surface area contributed by atoms with Gasteiger partial charge in [-0.1, -0.05) is 0 Å². The molecule has 2 aliphatic rings. The summed E-state index contributed by atoms with van der Waals surface area (Å²) in [7, 11) is 0. The molecule has 0 unspecified atom stereocenters. The van der Waals surface area contributed by atoms with E-state index in [9.17, 15) is 32.3 Å². The number of alkyl halides is 3. The lowest BCUT2D eigenvalue weighted by Gasteiger charge is -2.34. The van der Waals surface area contributed by atoms with Crippen LogP contribution in [-0.2, 0) is 6.18 Å². The third-order valence-electron chi connectivity index (χ3n) is 6.58. The van der Waals surface area contributed by atoms with E-state index < -0.39 is 29.6 Å². The van der Waals surface area contributed by atoms with Crippen molar-refractivity contribution in [2.24, 2.45) is 0 Å². The highest BCUT2D eigenvalue weighted by Crippen LogP contribution is 2.31. The molecule has 2 fully saturated rings. The maximum Gasteiger partial charge on any atom is 0.416 e. The van der Waals surface area contributed by atoms with E-state index in [-0.39, 0.29) is 36.5 Å². The van der Waals surface area contributed by atoms with Crippen molar-refractivity contribution in [2.75, 3.05) is 31.1 Å². The highest BCUT2D eigenvalue weighted by Gasteiger charge is 2.30. The molecule has 2 aromatic rings. The molecule has 1 N–H and O–H groups in total. The first-order valence-electron chi connectivity index (χ1n) is 11.8. The van der Waals surface area contributed by atoms with Gasteiger partial charge in [-0.2, -0.15) is 13.2 Å². The van der Waals surface area contributed by atoms with Gasteiger partial charge in [-0.3, -0.25) is 4.79 Å². The average Bonchev–Trinajstić information content (AvgIpc) is 2.85. The number of carboxylic acid groups (broad SMARTS) is 1. The number of benzene rings is 2. The predicted octanol–water partition coefficient (Wildman–Crippen LogP) is 3.43. The second kappa shape index (κ2) is 10.6. The van der Waals surface area contributed by atoms with Gasteiger partial charge in [0.15, 0.2) is 11.6 Å². The number of amides is 2. The van der Waals surface area contributed by atoms with Crippen LogP contribution in [0.4, 0.5) is 28.0 Å². The first-order chi connectivity index (χ1) is 17.1. The monoisotopic (exact) mass is 508 g/mol. The number of rotatable bonds is 5. The van der Waals surface area contributed by atoms with Gasteiger partial charge in [0.1, 0.15) is 12.2 Å². The van der Waals surface area contributed by atoms with Crippen LogP contribution >= 0.6 is 0 Å². The second-order valence-corrected chi connectivity index (χ2v) is 8.99. The van der Waals surface area contributed by atoms with Crippen LogP contribution in [-0.4, -0.2) is 55.2 Å². The SMILES string of the molecule is O=C(NC1CCN(C(=O)[O-])CC1)c1ccc(OC2CCN(c3ccc(C(F)(F)F)cc3)CC2)c(F)c1. The highest BCUT2D eigenvalue weighted by atomic mass is 19.4. The molecule has 2 aliphatic heterocycles. The zero-order valence-corrected chi connectivity index (χ0v) is 19.4. The summed E-state index contributed by atoms with van der Waals surface area (Å²) in [5.41, 5.74) is 0.130. The Bertz CT molecular complexity index is 1080. The first kappa shape index (κ1) is 25.6. The van der Waals surface area contributed by atoms with Crippen molar-refractivity contribution >= 4 is 17.7 Å². The molecule has 0 bridgehead atoms. The highest BCUT2D eigenvalue weighted by molar-refractivity contribution is 5.94. The average molecular weight is 508 g/mol. The smallest absolute Gasteiger partial charge is 0.416 e. The summed E-state index contributed by atoms with van der Waals surface area (Å²) in [5.74, 6) is -1.08. The van der Waals surface area contributed by atoms with E-state index in [1.54, 1.807) is 0 Å². The molecule has 2 heterocycles. The Morgan fingerprint density at radius 2 is 1.58 bits per heavy atom. The Labute approximate surface area is 205 Å². The van der Waals surface area contributed by atoms with Crippen LogP contribution in [0.15, 0.2) is 42.5 Å². The lowest BCUT2D eigenvalue weighted by molar-refractivity contribution is -0.266. The van der Waals surface area contributed by atoms with Crippen LogP contribution in [0.1, 0.15) is 41.6 Å². The van der Waals surface area contributed by atoms with Gasteiger partial charge in [0, 0.05) is 56.3 Å². The van der Waals surface area contributed by atoms with Crippen molar-refractivity contribution in [3.8, 4) is 5.75 Å². The molecule has 194 valence electrons. The third-order valence-corrected chi connectivity index (χ3v) is 6.58. The predicted molar refractivity (Wildman–Crippen MR) is 121 cm³/mol. The van der Waals surface area contributed by atoms with E-state index in [0.29, 0.717) is 44.5 Å². The van der Waals surface area contributed by atoms with Crippen LogP contribution < -0.4 is 20.1 Å². The van der Waals surface area contributed by atoms with E-state index in [0.717, 1.165) is 18.2 Å². The third kappa shape index (κ3) is 6.19. The van der Waals surface area contributed by atoms with Crippen LogP contribution in [0, 0.1) is 5.82 Å². The van der Waals surface area contributed by atoms with Gasteiger partial charge >= 0.3 is 6.18 Å². The summed E-state index contributed by atoms with van der Waals surface area (Å²) in [5, 5.41) is 13.7. The molecule has 4 rings (SSSR count). The number of anilines is 1. The molecular weight excluding hydrogens is 482 g/mol. The number of nitrogens with zero attached hydrogens (tertiary/aromatic N) is 2. The van der Waals surface area contributed by atoms with Crippen molar-refractivity contribution in [1.82, 2.24) is 10.2 Å². The number of halogens is 4. The molecule has 0 spiro atoms. The maximum atomic E-state index is 14.7. The van der Waals surface area contributed by atoms with Gasteiger partial charge < -0.3 is 29.8 Å². The van der Waals surface area contributed by atoms with E-state index in [1.165, 1.54) is 29.2 Å². The number of nitrogens with one attached hydrogen (secondary N) is 1. The minimum absolute atomic E-state index is 0.0294. The molecular formula is C25H26F4N3O4-. The Morgan fingerprint density at radius 1 is 0.944 bits per heavy atom.